The fourth-order valence-electron chi connectivity index (χ4n) is 12.7. The van der Waals surface area contributed by atoms with Crippen molar-refractivity contribution in [1.29, 1.82) is 0 Å². The average Bonchev–Trinajstić information content (AvgIpc) is 3.25. The van der Waals surface area contributed by atoms with Crippen LogP contribution in [0, 0.1) is 0 Å². The summed E-state index contributed by atoms with van der Waals surface area (Å²) in [5.74, 6) is 2.20. The summed E-state index contributed by atoms with van der Waals surface area (Å²) < 4.78 is 0. The Labute approximate surface area is 331 Å². The molecule has 0 radical (unpaired) electrons. The van der Waals surface area contributed by atoms with Crippen LogP contribution in [0.1, 0.15) is 142 Å². The number of hydrogen-bond acceptors (Lipinski definition) is 0. The van der Waals surface area contributed by atoms with Crippen LogP contribution in [0.15, 0.2) is 180 Å². The molecule has 0 heteroatoms. The number of fused-ring (bicyclic) bond motifs is 2. The first kappa shape index (κ1) is 32.5. The zero-order valence-electron chi connectivity index (χ0n) is 32.4. The van der Waals surface area contributed by atoms with Crippen molar-refractivity contribution in [2.75, 3.05) is 0 Å². The van der Waals surface area contributed by atoms with Crippen molar-refractivity contribution in [3.63, 3.8) is 0 Å². The summed E-state index contributed by atoms with van der Waals surface area (Å²) in [6, 6.07) is 46.1. The van der Waals surface area contributed by atoms with E-state index in [-0.39, 0.29) is 11.8 Å². The monoisotopic (exact) mass is 718 g/mol. The van der Waals surface area contributed by atoms with E-state index >= 15 is 0 Å². The molecule has 10 aliphatic rings. The van der Waals surface area contributed by atoms with Gasteiger partial charge in [-0.3, -0.25) is 0 Å². The first-order valence-electron chi connectivity index (χ1n) is 21.0. The van der Waals surface area contributed by atoms with E-state index in [4.69, 9.17) is 0 Å². The van der Waals surface area contributed by atoms with Crippen LogP contribution in [0.25, 0.3) is 10.8 Å². The number of benzene rings is 6. The number of allylic oxidation sites excluding steroid dienone is 8. The molecule has 6 aromatic carbocycles. The molecule has 0 aromatic heterocycles. The molecule has 0 saturated heterocycles. The van der Waals surface area contributed by atoms with Gasteiger partial charge in [0.15, 0.2) is 0 Å². The first-order valence-corrected chi connectivity index (χ1v) is 21.0. The second-order valence-corrected chi connectivity index (χ2v) is 17.2. The van der Waals surface area contributed by atoms with Crippen LogP contribution < -0.4 is 0 Å². The third kappa shape index (κ3) is 4.15. The number of rotatable bonds is 2. The van der Waals surface area contributed by atoms with Gasteiger partial charge in [-0.15, -0.1) is 0 Å². The van der Waals surface area contributed by atoms with Gasteiger partial charge in [0.05, 0.1) is 0 Å². The molecular formula is C56H46. The lowest BCUT2D eigenvalue weighted by Gasteiger charge is -2.48. The van der Waals surface area contributed by atoms with E-state index in [1.54, 1.807) is 50.1 Å². The standard InChI is InChI=1S/C32H24.C24H22/c1-17-18(2)30-20-10-4-3-9-19(20)29(17)25-15-27-28(16-26(25)30)32-23-13-7-5-11-21(23)31(27)22-12-6-8-14-24(22)32;1-3-17-18(4-2)24-20-12-8-7-11-19(20)23(17)21-13-15-9-5-6-10-16(15)14-22(21)24/h3-7,9-13,15-16,29-32H,1-2,8,14H2;5-14,23-24H,3-4H2,1-2H3. The van der Waals surface area contributed by atoms with Crippen LogP contribution in [-0.2, 0) is 0 Å². The normalized spacial score (nSPS) is 24.8. The highest BCUT2D eigenvalue weighted by Crippen LogP contribution is 2.63. The van der Waals surface area contributed by atoms with Crippen molar-refractivity contribution in [1.82, 2.24) is 0 Å². The predicted octanol–water partition coefficient (Wildman–Crippen LogP) is 14.2. The molecule has 0 nitrogen and oxygen atoms in total. The fourth-order valence-corrected chi connectivity index (χ4v) is 12.7. The second kappa shape index (κ2) is 11.9. The van der Waals surface area contributed by atoms with Gasteiger partial charge in [-0.05, 0) is 132 Å². The minimum Gasteiger partial charge on any atom is -0.0946 e. The summed E-state index contributed by atoms with van der Waals surface area (Å²) >= 11 is 0. The first-order chi connectivity index (χ1) is 27.6. The Morgan fingerprint density at radius 3 is 1.29 bits per heavy atom. The molecule has 0 fully saturated rings. The summed E-state index contributed by atoms with van der Waals surface area (Å²) in [4.78, 5) is 0. The van der Waals surface area contributed by atoms with Crippen molar-refractivity contribution in [2.24, 2.45) is 0 Å². The van der Waals surface area contributed by atoms with Gasteiger partial charge >= 0.3 is 0 Å². The van der Waals surface area contributed by atoms with Gasteiger partial charge in [-0.2, -0.15) is 0 Å². The van der Waals surface area contributed by atoms with E-state index in [2.05, 4.69) is 160 Å². The van der Waals surface area contributed by atoms with Crippen molar-refractivity contribution >= 4 is 10.8 Å². The van der Waals surface area contributed by atoms with Gasteiger partial charge in [-0.25, -0.2) is 0 Å². The zero-order valence-corrected chi connectivity index (χ0v) is 32.4. The van der Waals surface area contributed by atoms with Gasteiger partial charge in [0, 0.05) is 35.5 Å². The highest BCUT2D eigenvalue weighted by molar-refractivity contribution is 5.86. The van der Waals surface area contributed by atoms with Crippen molar-refractivity contribution in [2.45, 2.75) is 75.0 Å². The molecule has 6 atom stereocenters. The Balaban J connectivity index is 0.000000129. The molecule has 6 unspecified atom stereocenters. The smallest absolute Gasteiger partial charge is 0.0346 e. The molecule has 0 saturated carbocycles. The molecule has 0 amide bonds. The fraction of sp³-hybridized carbons (Fsp3) is 0.214. The van der Waals surface area contributed by atoms with E-state index in [0.717, 1.165) is 12.8 Å². The molecule has 0 spiro atoms. The predicted molar refractivity (Wildman–Crippen MR) is 232 cm³/mol. The van der Waals surface area contributed by atoms with Gasteiger partial charge in [-0.1, -0.05) is 165 Å². The zero-order chi connectivity index (χ0) is 37.4. The minimum absolute atomic E-state index is 0.245. The van der Waals surface area contributed by atoms with E-state index < -0.39 is 0 Å². The van der Waals surface area contributed by atoms with Crippen LogP contribution >= 0.6 is 0 Å². The highest BCUT2D eigenvalue weighted by atomic mass is 14.5. The largest absolute Gasteiger partial charge is 0.0946 e. The van der Waals surface area contributed by atoms with Crippen molar-refractivity contribution in [3.8, 4) is 0 Å². The van der Waals surface area contributed by atoms with E-state index in [9.17, 15) is 0 Å². The van der Waals surface area contributed by atoms with Gasteiger partial charge in [0.25, 0.3) is 0 Å². The molecule has 56 heavy (non-hydrogen) atoms. The molecule has 0 heterocycles. The quantitative estimate of drug-likeness (QED) is 0.156. The van der Waals surface area contributed by atoms with E-state index in [1.165, 1.54) is 73.7 Å². The molecular weight excluding hydrogens is 673 g/mol. The Hall–Kier alpha value is -5.72. The highest BCUT2D eigenvalue weighted by Gasteiger charge is 2.47. The van der Waals surface area contributed by atoms with Gasteiger partial charge in [0.1, 0.15) is 0 Å². The number of hydrogen-bond donors (Lipinski definition) is 0. The SMILES string of the molecule is C=C1C(=C)C2c3ccccc3C1c1cc3c(cc12)C1C2=C(C=CCC2)C3c2ccccc21.CCC1=C(CC)C2c3ccccc3C1c1cc3ccccc3cc12. The summed E-state index contributed by atoms with van der Waals surface area (Å²) in [6.07, 6.45) is 9.48. The molecule has 6 bridgehead atoms. The van der Waals surface area contributed by atoms with Crippen LogP contribution in [-0.4, -0.2) is 0 Å². The maximum Gasteiger partial charge on any atom is 0.0346 e. The summed E-state index contributed by atoms with van der Waals surface area (Å²) in [5, 5.41) is 2.74. The average molecular weight is 719 g/mol. The van der Waals surface area contributed by atoms with E-state index in [0.29, 0.717) is 23.7 Å². The topological polar surface area (TPSA) is 0 Å². The van der Waals surface area contributed by atoms with Crippen LogP contribution in [0.5, 0.6) is 0 Å². The maximum atomic E-state index is 4.52. The lowest BCUT2D eigenvalue weighted by Crippen LogP contribution is -2.32. The lowest BCUT2D eigenvalue weighted by molar-refractivity contribution is 0.677. The van der Waals surface area contributed by atoms with Crippen LogP contribution in [0.2, 0.25) is 0 Å². The third-order valence-electron chi connectivity index (χ3n) is 14.8. The summed E-state index contributed by atoms with van der Waals surface area (Å²) in [5.41, 5.74) is 27.1. The Morgan fingerprint density at radius 2 is 0.804 bits per heavy atom. The minimum atomic E-state index is 0.245. The Kier molecular flexibility index (Phi) is 6.91. The van der Waals surface area contributed by atoms with Crippen molar-refractivity contribution in [3.05, 3.63) is 247 Å². The molecule has 6 aromatic rings. The maximum absolute atomic E-state index is 4.52. The summed E-state index contributed by atoms with van der Waals surface area (Å²) in [7, 11) is 0. The second-order valence-electron chi connectivity index (χ2n) is 17.2. The lowest BCUT2D eigenvalue weighted by atomic mass is 9.55. The van der Waals surface area contributed by atoms with Gasteiger partial charge < -0.3 is 0 Å². The Bertz CT molecular complexity index is 2770. The van der Waals surface area contributed by atoms with Crippen LogP contribution in [0.4, 0.5) is 0 Å². The van der Waals surface area contributed by atoms with Crippen molar-refractivity contribution < 1.29 is 0 Å². The van der Waals surface area contributed by atoms with Crippen LogP contribution in [0.3, 0.4) is 0 Å². The van der Waals surface area contributed by atoms with Gasteiger partial charge in [0.2, 0.25) is 0 Å². The molecule has 16 rings (SSSR count). The molecule has 0 aliphatic heterocycles. The Morgan fingerprint density at radius 1 is 0.429 bits per heavy atom. The third-order valence-corrected chi connectivity index (χ3v) is 14.8. The molecule has 10 aliphatic carbocycles. The summed E-state index contributed by atoms with van der Waals surface area (Å²) in [6.45, 7) is 13.7. The van der Waals surface area contributed by atoms with E-state index in [1.807, 2.05) is 0 Å². The molecule has 0 N–H and O–H groups in total. The molecule has 270 valence electrons.